The smallest absolute Gasteiger partial charge is 0.413 e. The number of rotatable bonds is 5. The number of amides is 3. The number of halogens is 4. The summed E-state index contributed by atoms with van der Waals surface area (Å²) >= 11 is 18.6. The first kappa shape index (κ1) is 30.1. The van der Waals surface area contributed by atoms with Gasteiger partial charge >= 0.3 is 6.09 Å². The van der Waals surface area contributed by atoms with E-state index in [1.54, 1.807) is 24.3 Å². The quantitative estimate of drug-likeness (QED) is 0.245. The van der Waals surface area contributed by atoms with Crippen LogP contribution in [0.2, 0.25) is 15.1 Å². The molecule has 12 heteroatoms. The van der Waals surface area contributed by atoms with E-state index in [1.807, 2.05) is 20.8 Å². The molecular weight excluding hydrogens is 606 g/mol. The van der Waals surface area contributed by atoms with Crippen LogP contribution in [0.4, 0.5) is 20.6 Å². The van der Waals surface area contributed by atoms with Crippen LogP contribution in [0, 0.1) is 11.2 Å². The summed E-state index contributed by atoms with van der Waals surface area (Å²) in [6.45, 7) is 6.06. The summed E-state index contributed by atoms with van der Waals surface area (Å²) in [4.78, 5) is 38.9. The largest absolute Gasteiger partial charge is 0.429 e. The Labute approximate surface area is 257 Å². The van der Waals surface area contributed by atoms with Crippen molar-refractivity contribution in [3.05, 3.63) is 92.2 Å². The second kappa shape index (κ2) is 11.0. The maximum atomic E-state index is 15.8. The van der Waals surface area contributed by atoms with Gasteiger partial charge < -0.3 is 15.8 Å². The molecule has 0 aliphatic carbocycles. The van der Waals surface area contributed by atoms with Gasteiger partial charge in [-0.3, -0.25) is 20.2 Å². The molecule has 5 N–H and O–H groups in total. The van der Waals surface area contributed by atoms with Crippen molar-refractivity contribution in [2.75, 3.05) is 10.6 Å². The maximum Gasteiger partial charge on any atom is 0.413 e. The summed E-state index contributed by atoms with van der Waals surface area (Å²) in [6.07, 6.45) is -1.60. The third kappa shape index (κ3) is 5.30. The average Bonchev–Trinajstić information content (AvgIpc) is 3.33. The first-order valence-electron chi connectivity index (χ1n) is 13.1. The van der Waals surface area contributed by atoms with Gasteiger partial charge in [0.1, 0.15) is 11.2 Å². The second-order valence-electron chi connectivity index (χ2n) is 11.6. The van der Waals surface area contributed by atoms with E-state index in [4.69, 9.17) is 45.3 Å². The summed E-state index contributed by atoms with van der Waals surface area (Å²) in [5.41, 5.74) is 5.16. The van der Waals surface area contributed by atoms with Crippen LogP contribution in [0.3, 0.4) is 0 Å². The van der Waals surface area contributed by atoms with Crippen molar-refractivity contribution in [2.24, 2.45) is 11.1 Å². The maximum absolute atomic E-state index is 15.8. The number of anilines is 2. The lowest BCUT2D eigenvalue weighted by atomic mass is 9.63. The van der Waals surface area contributed by atoms with Crippen molar-refractivity contribution >= 4 is 64.1 Å². The monoisotopic (exact) mass is 632 g/mol. The third-order valence-electron chi connectivity index (χ3n) is 7.61. The molecule has 1 fully saturated rings. The molecule has 2 heterocycles. The summed E-state index contributed by atoms with van der Waals surface area (Å²) in [5, 5.41) is 9.17. The number of hydrogen-bond donors (Lipinski definition) is 4. The van der Waals surface area contributed by atoms with Crippen LogP contribution < -0.4 is 21.7 Å². The predicted octanol–water partition coefficient (Wildman–Crippen LogP) is 6.84. The molecule has 5 rings (SSSR count). The summed E-state index contributed by atoms with van der Waals surface area (Å²) in [6, 6.07) is 13.2. The molecule has 42 heavy (non-hydrogen) atoms. The molecule has 3 amide bonds. The molecule has 3 aromatic rings. The van der Waals surface area contributed by atoms with Crippen LogP contribution in [0.5, 0.6) is 0 Å². The van der Waals surface area contributed by atoms with Gasteiger partial charge in [-0.2, -0.15) is 0 Å². The van der Waals surface area contributed by atoms with E-state index in [2.05, 4.69) is 16.0 Å². The molecule has 4 atom stereocenters. The van der Waals surface area contributed by atoms with Crippen molar-refractivity contribution < 1.29 is 23.5 Å². The Morgan fingerprint density at radius 1 is 1.07 bits per heavy atom. The second-order valence-corrected chi connectivity index (χ2v) is 12.9. The molecule has 0 unspecified atom stereocenters. The van der Waals surface area contributed by atoms with Crippen LogP contribution in [0.25, 0.3) is 0 Å². The molecule has 0 aromatic heterocycles. The van der Waals surface area contributed by atoms with Gasteiger partial charge in [0.25, 0.3) is 0 Å². The van der Waals surface area contributed by atoms with E-state index in [0.29, 0.717) is 22.7 Å². The Balaban J connectivity index is 1.61. The van der Waals surface area contributed by atoms with Gasteiger partial charge in [-0.05, 0) is 59.4 Å². The van der Waals surface area contributed by atoms with Gasteiger partial charge in [0.05, 0.1) is 21.5 Å². The summed E-state index contributed by atoms with van der Waals surface area (Å²) in [7, 11) is 0. The molecule has 2 aliphatic rings. The zero-order chi connectivity index (χ0) is 30.6. The molecule has 1 spiro atoms. The number of ether oxygens (including phenoxy) is 1. The standard InChI is InChI=1S/C30H28Cl3FN4O4/c1-29(2,3)13-22-30(18-10-7-14(31)11-21(18)37-27(30)40)23(17-5-4-6-19(32)24(17)34)26(38-22)42-28(41)36-15-8-9-16(25(35)39)20(33)12-15/h4-12,22-23,26,38H,13H2,1-3H3,(H2,35,39)(H,36,41)(H,37,40)/t22-,23-,26+,30+/m0/s1. The normalized spacial score (nSPS) is 23.0. The molecule has 3 aromatic carbocycles. The van der Waals surface area contributed by atoms with E-state index >= 15 is 4.39 Å². The number of fused-ring (bicyclic) bond motifs is 2. The van der Waals surface area contributed by atoms with Crippen LogP contribution in [0.1, 0.15) is 54.6 Å². The van der Waals surface area contributed by atoms with Gasteiger partial charge in [0, 0.05) is 22.4 Å². The fourth-order valence-electron chi connectivity index (χ4n) is 6.02. The van der Waals surface area contributed by atoms with E-state index in [1.165, 1.54) is 30.3 Å². The van der Waals surface area contributed by atoms with Crippen LogP contribution >= 0.6 is 34.8 Å². The molecule has 0 bridgehead atoms. The van der Waals surface area contributed by atoms with Crippen molar-refractivity contribution in [2.45, 2.75) is 50.8 Å². The highest BCUT2D eigenvalue weighted by atomic mass is 35.5. The number of hydrogen-bond acceptors (Lipinski definition) is 5. The minimum absolute atomic E-state index is 0.0419. The fraction of sp³-hybridized carbons (Fsp3) is 0.300. The van der Waals surface area contributed by atoms with Crippen molar-refractivity contribution in [1.82, 2.24) is 5.32 Å². The van der Waals surface area contributed by atoms with E-state index < -0.39 is 41.4 Å². The van der Waals surface area contributed by atoms with Gasteiger partial charge in [0.2, 0.25) is 11.8 Å². The highest BCUT2D eigenvalue weighted by molar-refractivity contribution is 6.34. The molecular formula is C30H28Cl3FN4O4. The number of nitrogens with two attached hydrogens (primary N) is 1. The molecule has 8 nitrogen and oxygen atoms in total. The Morgan fingerprint density at radius 2 is 1.81 bits per heavy atom. The van der Waals surface area contributed by atoms with Gasteiger partial charge in [-0.1, -0.05) is 73.8 Å². The zero-order valence-electron chi connectivity index (χ0n) is 22.9. The SMILES string of the molecule is CC(C)(C)C[C@@H]1N[C@H](OC(=O)Nc2ccc(C(N)=O)c(Cl)c2)[C@H](c2cccc(Cl)c2F)[C@]12C(=O)Nc1cc(Cl)ccc12. The number of nitrogens with one attached hydrogen (secondary N) is 3. The number of benzene rings is 3. The van der Waals surface area contributed by atoms with Crippen LogP contribution in [0.15, 0.2) is 54.6 Å². The average molecular weight is 634 g/mol. The Bertz CT molecular complexity index is 1610. The first-order valence-corrected chi connectivity index (χ1v) is 14.2. The van der Waals surface area contributed by atoms with Crippen molar-refractivity contribution in [3.63, 3.8) is 0 Å². The Morgan fingerprint density at radius 3 is 2.48 bits per heavy atom. The molecule has 0 saturated carbocycles. The summed E-state index contributed by atoms with van der Waals surface area (Å²) in [5.74, 6) is -2.86. The Hall–Kier alpha value is -3.37. The lowest BCUT2D eigenvalue weighted by molar-refractivity contribution is -0.122. The topological polar surface area (TPSA) is 123 Å². The third-order valence-corrected chi connectivity index (χ3v) is 8.45. The van der Waals surface area contributed by atoms with Crippen molar-refractivity contribution in [1.29, 1.82) is 0 Å². The highest BCUT2D eigenvalue weighted by Crippen LogP contribution is 2.57. The molecule has 1 saturated heterocycles. The highest BCUT2D eigenvalue weighted by Gasteiger charge is 2.66. The first-order chi connectivity index (χ1) is 19.7. The lowest BCUT2D eigenvalue weighted by Crippen LogP contribution is -2.49. The van der Waals surface area contributed by atoms with E-state index in [9.17, 15) is 14.4 Å². The predicted molar refractivity (Wildman–Crippen MR) is 161 cm³/mol. The number of primary amides is 1. The number of carbonyl (C=O) groups excluding carboxylic acids is 3. The van der Waals surface area contributed by atoms with Gasteiger partial charge in [-0.25, -0.2) is 9.18 Å². The zero-order valence-corrected chi connectivity index (χ0v) is 25.1. The number of carbonyl (C=O) groups is 3. The van der Waals surface area contributed by atoms with E-state index in [0.717, 1.165) is 0 Å². The minimum Gasteiger partial charge on any atom is -0.429 e. The summed E-state index contributed by atoms with van der Waals surface area (Å²) < 4.78 is 21.7. The molecule has 2 aliphatic heterocycles. The Kier molecular flexibility index (Phi) is 7.91. The van der Waals surface area contributed by atoms with Gasteiger partial charge in [-0.15, -0.1) is 0 Å². The van der Waals surface area contributed by atoms with Crippen LogP contribution in [-0.2, 0) is 14.9 Å². The lowest BCUT2D eigenvalue weighted by Gasteiger charge is -2.37. The molecule has 0 radical (unpaired) electrons. The fourth-order valence-corrected chi connectivity index (χ4v) is 6.65. The van der Waals surface area contributed by atoms with Crippen LogP contribution in [-0.4, -0.2) is 30.2 Å². The van der Waals surface area contributed by atoms with Crippen molar-refractivity contribution in [3.8, 4) is 0 Å². The minimum atomic E-state index is -1.39. The van der Waals surface area contributed by atoms with Gasteiger partial charge in [0.15, 0.2) is 6.23 Å². The van der Waals surface area contributed by atoms with E-state index in [-0.39, 0.29) is 38.2 Å². The molecule has 220 valence electrons.